The summed E-state index contributed by atoms with van der Waals surface area (Å²) in [7, 11) is 0. The van der Waals surface area contributed by atoms with Crippen molar-refractivity contribution in [2.24, 2.45) is 0 Å². The largest absolute Gasteiger partial charge is 0.442 e. The Morgan fingerprint density at radius 3 is 2.85 bits per heavy atom. The number of carbonyl (C=O) groups excluding carboxylic acids is 2. The average molecular weight is 441 g/mol. The summed E-state index contributed by atoms with van der Waals surface area (Å²) in [5.74, 6) is -0.147. The van der Waals surface area contributed by atoms with Gasteiger partial charge in [0.15, 0.2) is 5.69 Å². The van der Waals surface area contributed by atoms with Gasteiger partial charge in [-0.1, -0.05) is 30.3 Å². The molecule has 5 rings (SSSR count). The number of nitrogens with one attached hydrogen (secondary N) is 2. The SMILES string of the molecule is [C-]#[N+]c1ccc(-c2n[nH]c3c2CCCc2cc(N4C[C@H](CNC(C)=O)OC4=O)ccc2-3)cc1. The molecule has 166 valence electrons. The van der Waals surface area contributed by atoms with Gasteiger partial charge in [-0.15, -0.1) is 0 Å². The van der Waals surface area contributed by atoms with Crippen LogP contribution < -0.4 is 10.2 Å². The second-order valence-corrected chi connectivity index (χ2v) is 8.33. The molecule has 2 N–H and O–H groups in total. The molecule has 0 spiro atoms. The molecule has 0 unspecified atom stereocenters. The van der Waals surface area contributed by atoms with E-state index in [1.54, 1.807) is 4.90 Å². The lowest BCUT2D eigenvalue weighted by molar-refractivity contribution is -0.119. The number of benzene rings is 2. The molecule has 1 aliphatic heterocycles. The molecule has 1 aromatic heterocycles. The number of aromatic nitrogens is 2. The minimum Gasteiger partial charge on any atom is -0.442 e. The highest BCUT2D eigenvalue weighted by atomic mass is 16.6. The van der Waals surface area contributed by atoms with Crippen LogP contribution in [0.1, 0.15) is 24.5 Å². The molecular formula is C25H23N5O3. The summed E-state index contributed by atoms with van der Waals surface area (Å²) in [6, 6.07) is 13.5. The van der Waals surface area contributed by atoms with Gasteiger partial charge in [-0.25, -0.2) is 9.64 Å². The number of nitrogens with zero attached hydrogens (tertiary/aromatic N) is 3. The third-order valence-corrected chi connectivity index (χ3v) is 6.13. The first kappa shape index (κ1) is 20.8. The van der Waals surface area contributed by atoms with Gasteiger partial charge in [-0.3, -0.25) is 14.8 Å². The predicted molar refractivity (Wildman–Crippen MR) is 124 cm³/mol. The quantitative estimate of drug-likeness (QED) is 0.593. The lowest BCUT2D eigenvalue weighted by Gasteiger charge is -2.16. The zero-order chi connectivity index (χ0) is 22.9. The van der Waals surface area contributed by atoms with Crippen molar-refractivity contribution in [1.29, 1.82) is 0 Å². The molecule has 1 fully saturated rings. The molecule has 1 atom stereocenters. The lowest BCUT2D eigenvalue weighted by atomic mass is 9.99. The molecule has 8 heteroatoms. The van der Waals surface area contributed by atoms with Gasteiger partial charge in [0.25, 0.3) is 0 Å². The standard InChI is InChI=1S/C25H23N5O3/c1-15(31)27-13-20-14-30(25(32)33-20)19-10-11-21-17(12-19)4-3-5-22-23(28-29-24(21)22)16-6-8-18(26-2)9-7-16/h6-12,20H,3-5,13-14H2,1H3,(H,27,31)(H,28,29)/t20-/m0/s1. The van der Waals surface area contributed by atoms with Crippen molar-refractivity contribution in [3.05, 3.63) is 65.0 Å². The zero-order valence-corrected chi connectivity index (χ0v) is 18.2. The monoisotopic (exact) mass is 441 g/mol. The number of cyclic esters (lactones) is 1. The van der Waals surface area contributed by atoms with Crippen LogP contribution in [0.4, 0.5) is 16.2 Å². The van der Waals surface area contributed by atoms with Crippen molar-refractivity contribution in [1.82, 2.24) is 15.5 Å². The average Bonchev–Trinajstić information content (AvgIpc) is 3.36. The van der Waals surface area contributed by atoms with E-state index in [-0.39, 0.29) is 12.0 Å². The van der Waals surface area contributed by atoms with Gasteiger partial charge in [-0.05, 0) is 42.5 Å². The van der Waals surface area contributed by atoms with Gasteiger partial charge >= 0.3 is 6.09 Å². The highest BCUT2D eigenvalue weighted by Crippen LogP contribution is 2.38. The van der Waals surface area contributed by atoms with Gasteiger partial charge < -0.3 is 10.1 Å². The molecule has 2 aliphatic rings. The highest BCUT2D eigenvalue weighted by molar-refractivity contribution is 5.91. The predicted octanol–water partition coefficient (Wildman–Crippen LogP) is 4.24. The smallest absolute Gasteiger partial charge is 0.414 e. The first-order chi connectivity index (χ1) is 16.0. The Hall–Kier alpha value is -4.12. The third-order valence-electron chi connectivity index (χ3n) is 6.13. The van der Waals surface area contributed by atoms with E-state index < -0.39 is 6.09 Å². The van der Waals surface area contributed by atoms with E-state index in [1.165, 1.54) is 12.5 Å². The minimum absolute atomic E-state index is 0.147. The van der Waals surface area contributed by atoms with E-state index in [2.05, 4.69) is 26.4 Å². The fraction of sp³-hybridized carbons (Fsp3) is 0.280. The van der Waals surface area contributed by atoms with Crippen LogP contribution in [-0.4, -0.2) is 41.4 Å². The summed E-state index contributed by atoms with van der Waals surface area (Å²) in [5.41, 5.74) is 7.74. The summed E-state index contributed by atoms with van der Waals surface area (Å²) in [6.45, 7) is 9.29. The molecule has 1 saturated heterocycles. The lowest BCUT2D eigenvalue weighted by Crippen LogP contribution is -2.33. The Morgan fingerprint density at radius 1 is 1.27 bits per heavy atom. The van der Waals surface area contributed by atoms with Gasteiger partial charge in [0.2, 0.25) is 5.91 Å². The summed E-state index contributed by atoms with van der Waals surface area (Å²) < 4.78 is 5.41. The second kappa shape index (κ2) is 8.43. The molecule has 2 heterocycles. The van der Waals surface area contributed by atoms with Crippen molar-refractivity contribution in [2.45, 2.75) is 32.3 Å². The van der Waals surface area contributed by atoms with Crippen molar-refractivity contribution in [3.8, 4) is 22.5 Å². The number of aromatic amines is 1. The zero-order valence-electron chi connectivity index (χ0n) is 18.2. The fourth-order valence-electron chi connectivity index (χ4n) is 4.51. The summed E-state index contributed by atoms with van der Waals surface area (Å²) in [4.78, 5) is 28.7. The maximum absolute atomic E-state index is 12.4. The number of carbonyl (C=O) groups is 2. The van der Waals surface area contributed by atoms with E-state index in [9.17, 15) is 9.59 Å². The van der Waals surface area contributed by atoms with Crippen LogP contribution >= 0.6 is 0 Å². The molecule has 2 amide bonds. The number of fused-ring (bicyclic) bond motifs is 3. The minimum atomic E-state index is -0.397. The number of hydrogen-bond donors (Lipinski definition) is 2. The van der Waals surface area contributed by atoms with Crippen molar-refractivity contribution >= 4 is 23.4 Å². The Bertz CT molecular complexity index is 1270. The van der Waals surface area contributed by atoms with Crippen molar-refractivity contribution < 1.29 is 14.3 Å². The van der Waals surface area contributed by atoms with Crippen LogP contribution in [0.5, 0.6) is 0 Å². The van der Waals surface area contributed by atoms with Gasteiger partial charge in [0.05, 0.1) is 31.0 Å². The van der Waals surface area contributed by atoms with Crippen LogP contribution in [0, 0.1) is 6.57 Å². The topological polar surface area (TPSA) is 91.7 Å². The maximum Gasteiger partial charge on any atom is 0.414 e. The number of hydrogen-bond acceptors (Lipinski definition) is 4. The van der Waals surface area contributed by atoms with E-state index in [0.29, 0.717) is 18.8 Å². The molecule has 1 aliphatic carbocycles. The molecule has 8 nitrogen and oxygen atoms in total. The first-order valence-electron chi connectivity index (χ1n) is 10.9. The Labute approximate surface area is 191 Å². The summed E-state index contributed by atoms with van der Waals surface area (Å²) in [6.07, 6.45) is 1.98. The number of amides is 2. The Balaban J connectivity index is 1.43. The van der Waals surface area contributed by atoms with Crippen molar-refractivity contribution in [2.75, 3.05) is 18.0 Å². The Morgan fingerprint density at radius 2 is 2.09 bits per heavy atom. The first-order valence-corrected chi connectivity index (χ1v) is 10.9. The van der Waals surface area contributed by atoms with E-state index in [0.717, 1.165) is 53.0 Å². The molecule has 0 saturated carbocycles. The number of H-pyrrole nitrogens is 1. The summed E-state index contributed by atoms with van der Waals surface area (Å²) >= 11 is 0. The van der Waals surface area contributed by atoms with Crippen LogP contribution in [0.3, 0.4) is 0 Å². The number of aryl methyl sites for hydroxylation is 1. The van der Waals surface area contributed by atoms with Gasteiger partial charge in [0.1, 0.15) is 6.10 Å². The molecule has 3 aromatic rings. The Kier molecular flexibility index (Phi) is 5.31. The van der Waals surface area contributed by atoms with Crippen molar-refractivity contribution in [3.63, 3.8) is 0 Å². The number of anilines is 1. The molecule has 0 bridgehead atoms. The fourth-order valence-corrected chi connectivity index (χ4v) is 4.51. The van der Waals surface area contributed by atoms with Gasteiger partial charge in [0, 0.05) is 23.7 Å². The molecule has 33 heavy (non-hydrogen) atoms. The molecule has 0 radical (unpaired) electrons. The maximum atomic E-state index is 12.4. The molecule has 2 aromatic carbocycles. The molecular weight excluding hydrogens is 418 g/mol. The highest BCUT2D eigenvalue weighted by Gasteiger charge is 2.33. The van der Waals surface area contributed by atoms with Gasteiger partial charge in [-0.2, -0.15) is 5.10 Å². The summed E-state index contributed by atoms with van der Waals surface area (Å²) in [5, 5.41) is 10.5. The van der Waals surface area contributed by atoms with E-state index in [1.807, 2.05) is 36.4 Å². The number of rotatable bonds is 4. The van der Waals surface area contributed by atoms with E-state index >= 15 is 0 Å². The third kappa shape index (κ3) is 3.94. The number of ether oxygens (including phenoxy) is 1. The van der Waals surface area contributed by atoms with Crippen LogP contribution in [-0.2, 0) is 22.4 Å². The van der Waals surface area contributed by atoms with E-state index in [4.69, 9.17) is 11.3 Å². The normalized spacial score (nSPS) is 16.9. The second-order valence-electron chi connectivity index (χ2n) is 8.33. The van der Waals surface area contributed by atoms with Crippen LogP contribution in [0.2, 0.25) is 0 Å². The van der Waals surface area contributed by atoms with Crippen LogP contribution in [0.25, 0.3) is 27.4 Å². The van der Waals surface area contributed by atoms with Crippen LogP contribution in [0.15, 0.2) is 42.5 Å².